The van der Waals surface area contributed by atoms with Gasteiger partial charge in [-0.1, -0.05) is 16.8 Å². The molecule has 0 radical (unpaired) electrons. The predicted octanol–water partition coefficient (Wildman–Crippen LogP) is 3.73. The molecule has 1 fully saturated rings. The summed E-state index contributed by atoms with van der Waals surface area (Å²) in [6, 6.07) is 0. The number of nitrogens with zero attached hydrogens (tertiary/aromatic N) is 4. The number of ether oxygens (including phenoxy) is 1. The highest BCUT2D eigenvalue weighted by atomic mass is 35.5. The van der Waals surface area contributed by atoms with E-state index in [1.807, 2.05) is 25.7 Å². The van der Waals surface area contributed by atoms with Gasteiger partial charge in [0.1, 0.15) is 16.2 Å². The zero-order valence-corrected chi connectivity index (χ0v) is 16.1. The molecular weight excluding hydrogens is 376 g/mol. The van der Waals surface area contributed by atoms with Crippen molar-refractivity contribution in [3.8, 4) is 10.6 Å². The van der Waals surface area contributed by atoms with E-state index in [1.165, 1.54) is 11.3 Å². The number of rotatable bonds is 3. The number of aromatic nitrogens is 3. The fourth-order valence-corrected chi connectivity index (χ4v) is 4.40. The van der Waals surface area contributed by atoms with Crippen LogP contribution in [-0.4, -0.2) is 46.7 Å². The molecule has 0 amide bonds. The Kier molecular flexibility index (Phi) is 4.42. The number of hydrogen-bond acceptors (Lipinski definition) is 8. The van der Waals surface area contributed by atoms with Crippen LogP contribution in [0, 0.1) is 6.92 Å². The standard InChI is InChI=1S/C17H17ClN4O3S/c1-8-5-22(6-9(2)24-8)16-11(7-23)20-15-14(12-4-19-10(3)26-12)21-25-17(15)13(16)18/h4,7-9H,5-6H2,1-3H3. The summed E-state index contributed by atoms with van der Waals surface area (Å²) in [5, 5.41) is 5.37. The topological polar surface area (TPSA) is 81.4 Å². The summed E-state index contributed by atoms with van der Waals surface area (Å²) in [5.74, 6) is 0. The van der Waals surface area contributed by atoms with Crippen molar-refractivity contribution in [1.29, 1.82) is 0 Å². The molecule has 1 aliphatic rings. The van der Waals surface area contributed by atoms with Crippen molar-refractivity contribution in [3.05, 3.63) is 21.9 Å². The predicted molar refractivity (Wildman–Crippen MR) is 100 cm³/mol. The molecule has 0 N–H and O–H groups in total. The van der Waals surface area contributed by atoms with Crippen LogP contribution in [0.3, 0.4) is 0 Å². The Morgan fingerprint density at radius 1 is 1.35 bits per heavy atom. The number of morpholine rings is 1. The molecule has 0 saturated carbocycles. The first-order valence-corrected chi connectivity index (χ1v) is 9.44. The molecule has 26 heavy (non-hydrogen) atoms. The Labute approximate surface area is 158 Å². The molecule has 7 nitrogen and oxygen atoms in total. The van der Waals surface area contributed by atoms with E-state index in [9.17, 15) is 4.79 Å². The third-order valence-corrected chi connectivity index (χ3v) is 5.52. The number of pyridine rings is 1. The number of hydrogen-bond donors (Lipinski definition) is 0. The molecule has 2 atom stereocenters. The van der Waals surface area contributed by atoms with Gasteiger partial charge in [0, 0.05) is 19.3 Å². The summed E-state index contributed by atoms with van der Waals surface area (Å²) < 4.78 is 11.3. The second-order valence-electron chi connectivity index (χ2n) is 6.39. The lowest BCUT2D eigenvalue weighted by Gasteiger charge is -2.37. The van der Waals surface area contributed by atoms with Gasteiger partial charge >= 0.3 is 0 Å². The van der Waals surface area contributed by atoms with E-state index in [0.717, 1.165) is 16.2 Å². The third-order valence-electron chi connectivity index (χ3n) is 4.25. The zero-order valence-electron chi connectivity index (χ0n) is 14.5. The molecule has 0 spiro atoms. The second kappa shape index (κ2) is 6.61. The average molecular weight is 393 g/mol. The average Bonchev–Trinajstić information content (AvgIpc) is 3.19. The van der Waals surface area contributed by atoms with Crippen LogP contribution in [0.1, 0.15) is 29.3 Å². The first kappa shape index (κ1) is 17.4. The molecule has 3 aromatic heterocycles. The van der Waals surface area contributed by atoms with Crippen LogP contribution in [0.25, 0.3) is 21.7 Å². The van der Waals surface area contributed by atoms with E-state index in [-0.39, 0.29) is 17.9 Å². The molecule has 0 aliphatic carbocycles. The fourth-order valence-electron chi connectivity index (χ4n) is 3.30. The van der Waals surface area contributed by atoms with Gasteiger partial charge in [-0.3, -0.25) is 4.79 Å². The molecule has 136 valence electrons. The highest BCUT2D eigenvalue weighted by Crippen LogP contribution is 2.40. The highest BCUT2D eigenvalue weighted by molar-refractivity contribution is 7.15. The molecule has 2 unspecified atom stereocenters. The van der Waals surface area contributed by atoms with E-state index >= 15 is 0 Å². The Bertz CT molecular complexity index is 976. The Morgan fingerprint density at radius 3 is 2.69 bits per heavy atom. The number of carbonyl (C=O) groups is 1. The van der Waals surface area contributed by atoms with Crippen molar-refractivity contribution in [1.82, 2.24) is 15.1 Å². The van der Waals surface area contributed by atoms with Crippen LogP contribution in [0.4, 0.5) is 5.69 Å². The Morgan fingerprint density at radius 2 is 2.08 bits per heavy atom. The molecule has 4 rings (SSSR count). The first-order chi connectivity index (χ1) is 12.5. The summed E-state index contributed by atoms with van der Waals surface area (Å²) >= 11 is 8.11. The van der Waals surface area contributed by atoms with Gasteiger partial charge in [-0.05, 0) is 20.8 Å². The number of aryl methyl sites for hydroxylation is 1. The van der Waals surface area contributed by atoms with E-state index in [0.29, 0.717) is 40.6 Å². The van der Waals surface area contributed by atoms with E-state index in [2.05, 4.69) is 15.1 Å². The lowest BCUT2D eigenvalue weighted by atomic mass is 10.1. The van der Waals surface area contributed by atoms with Gasteiger partial charge in [0.05, 0.1) is 27.8 Å². The summed E-state index contributed by atoms with van der Waals surface area (Å²) in [6.07, 6.45) is 2.48. The maximum Gasteiger partial charge on any atom is 0.206 e. The van der Waals surface area contributed by atoms with Gasteiger partial charge in [-0.15, -0.1) is 11.3 Å². The quantitative estimate of drug-likeness (QED) is 0.628. The van der Waals surface area contributed by atoms with Crippen LogP contribution >= 0.6 is 22.9 Å². The van der Waals surface area contributed by atoms with Gasteiger partial charge in [0.25, 0.3) is 0 Å². The number of thiazole rings is 1. The van der Waals surface area contributed by atoms with Gasteiger partial charge in [0.2, 0.25) is 5.58 Å². The maximum atomic E-state index is 11.8. The minimum atomic E-state index is 0.0236. The fraction of sp³-hybridized carbons (Fsp3) is 0.412. The van der Waals surface area contributed by atoms with Crippen molar-refractivity contribution in [2.45, 2.75) is 33.0 Å². The monoisotopic (exact) mass is 392 g/mol. The lowest BCUT2D eigenvalue weighted by Crippen LogP contribution is -2.46. The van der Waals surface area contributed by atoms with Crippen LogP contribution in [0.15, 0.2) is 10.7 Å². The number of aldehydes is 1. The minimum Gasteiger partial charge on any atom is -0.372 e. The normalized spacial score (nSPS) is 20.7. The minimum absolute atomic E-state index is 0.0236. The van der Waals surface area contributed by atoms with Gasteiger partial charge in [-0.25, -0.2) is 9.97 Å². The van der Waals surface area contributed by atoms with E-state index < -0.39 is 0 Å². The number of anilines is 1. The molecule has 0 aromatic carbocycles. The largest absolute Gasteiger partial charge is 0.372 e. The Hall–Kier alpha value is -2.03. The van der Waals surface area contributed by atoms with Crippen LogP contribution in [-0.2, 0) is 4.74 Å². The van der Waals surface area contributed by atoms with Crippen LogP contribution in [0.2, 0.25) is 5.02 Å². The molecule has 1 aliphatic heterocycles. The molecule has 1 saturated heterocycles. The van der Waals surface area contributed by atoms with Gasteiger partial charge in [0.15, 0.2) is 12.0 Å². The van der Waals surface area contributed by atoms with E-state index in [4.69, 9.17) is 20.9 Å². The second-order valence-corrected chi connectivity index (χ2v) is 8.00. The van der Waals surface area contributed by atoms with Crippen LogP contribution < -0.4 is 4.90 Å². The lowest BCUT2D eigenvalue weighted by molar-refractivity contribution is -0.00526. The summed E-state index contributed by atoms with van der Waals surface area (Å²) in [6.45, 7) is 7.12. The summed E-state index contributed by atoms with van der Waals surface area (Å²) in [5.41, 5.74) is 2.23. The highest BCUT2D eigenvalue weighted by Gasteiger charge is 2.29. The molecular formula is C17H17ClN4O3S. The molecule has 4 heterocycles. The van der Waals surface area contributed by atoms with Crippen molar-refractivity contribution in [2.75, 3.05) is 18.0 Å². The molecule has 9 heteroatoms. The number of halogens is 1. The maximum absolute atomic E-state index is 11.8. The van der Waals surface area contributed by atoms with Crippen LogP contribution in [0.5, 0.6) is 0 Å². The smallest absolute Gasteiger partial charge is 0.206 e. The van der Waals surface area contributed by atoms with E-state index in [1.54, 1.807) is 6.20 Å². The first-order valence-electron chi connectivity index (χ1n) is 8.25. The Balaban J connectivity index is 1.87. The third kappa shape index (κ3) is 2.87. The van der Waals surface area contributed by atoms with Crippen molar-refractivity contribution in [2.24, 2.45) is 0 Å². The van der Waals surface area contributed by atoms with Crippen molar-refractivity contribution < 1.29 is 14.1 Å². The number of fused-ring (bicyclic) bond motifs is 1. The zero-order chi connectivity index (χ0) is 18.4. The van der Waals surface area contributed by atoms with Crippen molar-refractivity contribution >= 4 is 46.0 Å². The van der Waals surface area contributed by atoms with Gasteiger partial charge < -0.3 is 14.2 Å². The van der Waals surface area contributed by atoms with Crippen molar-refractivity contribution in [3.63, 3.8) is 0 Å². The SMILES string of the molecule is Cc1ncc(-c2noc3c(Cl)c(N4CC(C)OC(C)C4)c(C=O)nc23)s1. The summed E-state index contributed by atoms with van der Waals surface area (Å²) in [4.78, 5) is 23.4. The van der Waals surface area contributed by atoms with Gasteiger partial charge in [-0.2, -0.15) is 0 Å². The molecule has 3 aromatic rings. The number of carbonyl (C=O) groups excluding carboxylic acids is 1. The summed E-state index contributed by atoms with van der Waals surface area (Å²) in [7, 11) is 0. The molecule has 0 bridgehead atoms.